The summed E-state index contributed by atoms with van der Waals surface area (Å²) in [5, 5.41) is 11.0. The summed E-state index contributed by atoms with van der Waals surface area (Å²) in [6, 6.07) is 9.58. The van der Waals surface area contributed by atoms with Crippen LogP contribution >= 0.6 is 11.3 Å². The number of hydrogen-bond acceptors (Lipinski definition) is 4. The highest BCUT2D eigenvalue weighted by Gasteiger charge is 2.22. The molecule has 118 valence electrons. The number of aromatic nitrogens is 3. The van der Waals surface area contributed by atoms with Gasteiger partial charge in [-0.05, 0) is 37.3 Å². The predicted molar refractivity (Wildman–Crippen MR) is 94.2 cm³/mol. The average Bonchev–Trinajstić information content (AvgIpc) is 3.28. The van der Waals surface area contributed by atoms with Crippen molar-refractivity contribution in [1.29, 1.82) is 0 Å². The first-order chi connectivity index (χ1) is 11.2. The highest BCUT2D eigenvalue weighted by Crippen LogP contribution is 2.29. The van der Waals surface area contributed by atoms with Crippen molar-refractivity contribution in [3.05, 3.63) is 53.3 Å². The molecular weight excluding hydrogens is 304 g/mol. The topological polar surface area (TPSA) is 42.7 Å². The van der Waals surface area contributed by atoms with Crippen LogP contribution in [0.2, 0.25) is 0 Å². The van der Waals surface area contributed by atoms with Gasteiger partial charge in [-0.1, -0.05) is 24.3 Å². The fourth-order valence-electron chi connectivity index (χ4n) is 3.30. The van der Waals surface area contributed by atoms with Crippen LogP contribution in [0.25, 0.3) is 16.3 Å². The normalized spacial score (nSPS) is 21.0. The maximum Gasteiger partial charge on any atom is 0.210 e. The number of benzene rings is 1. The number of thiazole rings is 1. The van der Waals surface area contributed by atoms with E-state index in [0.717, 1.165) is 17.4 Å². The van der Waals surface area contributed by atoms with E-state index in [0.29, 0.717) is 12.0 Å². The van der Waals surface area contributed by atoms with Gasteiger partial charge in [0.2, 0.25) is 5.13 Å². The molecule has 2 atom stereocenters. The van der Waals surface area contributed by atoms with Gasteiger partial charge in [0.25, 0.3) is 0 Å². The van der Waals surface area contributed by atoms with E-state index in [2.05, 4.69) is 59.7 Å². The van der Waals surface area contributed by atoms with Crippen molar-refractivity contribution in [3.8, 4) is 16.3 Å². The van der Waals surface area contributed by atoms with Crippen LogP contribution in [0.5, 0.6) is 0 Å². The standard InChI is InChI=1S/C18H20N4S/c1-12-9-16(10-20-12)14-3-5-15(6-4-14)17-11-22(21-13(17)2)18-19-7-8-23-18/h3-8,11-12,16,20H,9-10H2,1-2H3. The average molecular weight is 324 g/mol. The second kappa shape index (κ2) is 5.91. The Kier molecular flexibility index (Phi) is 3.75. The van der Waals surface area contributed by atoms with E-state index >= 15 is 0 Å². The zero-order valence-electron chi connectivity index (χ0n) is 13.4. The first-order valence-corrected chi connectivity index (χ1v) is 8.88. The number of rotatable bonds is 3. The van der Waals surface area contributed by atoms with E-state index in [9.17, 15) is 0 Å². The number of nitrogens with zero attached hydrogens (tertiary/aromatic N) is 3. The summed E-state index contributed by atoms with van der Waals surface area (Å²) in [7, 11) is 0. The Labute approximate surface area is 140 Å². The molecule has 3 aromatic rings. The molecule has 1 aliphatic rings. The molecule has 5 heteroatoms. The van der Waals surface area contributed by atoms with Crippen LogP contribution in [0.1, 0.15) is 30.5 Å². The van der Waals surface area contributed by atoms with Crippen molar-refractivity contribution in [1.82, 2.24) is 20.1 Å². The van der Waals surface area contributed by atoms with Gasteiger partial charge >= 0.3 is 0 Å². The lowest BCUT2D eigenvalue weighted by molar-refractivity contribution is 0.658. The number of hydrogen-bond donors (Lipinski definition) is 1. The molecule has 0 saturated carbocycles. The summed E-state index contributed by atoms with van der Waals surface area (Å²) in [5.74, 6) is 0.637. The minimum Gasteiger partial charge on any atom is -0.314 e. The molecule has 0 spiro atoms. The van der Waals surface area contributed by atoms with Crippen LogP contribution in [0.3, 0.4) is 0 Å². The van der Waals surface area contributed by atoms with Crippen LogP contribution in [0, 0.1) is 6.92 Å². The zero-order chi connectivity index (χ0) is 15.8. The van der Waals surface area contributed by atoms with Gasteiger partial charge in [-0.2, -0.15) is 5.10 Å². The van der Waals surface area contributed by atoms with E-state index < -0.39 is 0 Å². The number of nitrogens with one attached hydrogen (secondary N) is 1. The van der Waals surface area contributed by atoms with Crippen LogP contribution in [-0.2, 0) is 0 Å². The second-order valence-corrected chi connectivity index (χ2v) is 7.12. The minimum atomic E-state index is 0.624. The van der Waals surface area contributed by atoms with Crippen molar-refractivity contribution in [2.24, 2.45) is 0 Å². The molecule has 4 nitrogen and oxygen atoms in total. The molecule has 3 heterocycles. The molecule has 23 heavy (non-hydrogen) atoms. The second-order valence-electron chi connectivity index (χ2n) is 6.25. The molecule has 1 aromatic carbocycles. The van der Waals surface area contributed by atoms with Crippen LogP contribution in [0.15, 0.2) is 42.0 Å². The SMILES string of the molecule is Cc1nn(-c2nccs2)cc1-c1ccc(C2CNC(C)C2)cc1. The van der Waals surface area contributed by atoms with Gasteiger partial charge in [-0.15, -0.1) is 11.3 Å². The predicted octanol–water partition coefficient (Wildman–Crippen LogP) is 3.77. The third kappa shape index (κ3) is 2.82. The van der Waals surface area contributed by atoms with E-state index in [1.54, 1.807) is 11.3 Å². The molecule has 2 unspecified atom stereocenters. The summed E-state index contributed by atoms with van der Waals surface area (Å²) in [6.45, 7) is 5.39. The van der Waals surface area contributed by atoms with Gasteiger partial charge in [0, 0.05) is 35.9 Å². The van der Waals surface area contributed by atoms with Gasteiger partial charge < -0.3 is 5.32 Å². The van der Waals surface area contributed by atoms with Gasteiger partial charge in [0.05, 0.1) is 5.69 Å². The van der Waals surface area contributed by atoms with Gasteiger partial charge in [-0.25, -0.2) is 9.67 Å². The molecule has 4 rings (SSSR count). The maximum absolute atomic E-state index is 4.59. The lowest BCUT2D eigenvalue weighted by Crippen LogP contribution is -2.16. The van der Waals surface area contributed by atoms with Crippen molar-refractivity contribution >= 4 is 11.3 Å². The van der Waals surface area contributed by atoms with E-state index in [4.69, 9.17) is 0 Å². The largest absolute Gasteiger partial charge is 0.314 e. The van der Waals surface area contributed by atoms with Crippen molar-refractivity contribution in [2.45, 2.75) is 32.2 Å². The van der Waals surface area contributed by atoms with Gasteiger partial charge in [0.15, 0.2) is 0 Å². The smallest absolute Gasteiger partial charge is 0.210 e. The van der Waals surface area contributed by atoms with Crippen molar-refractivity contribution in [2.75, 3.05) is 6.54 Å². The third-order valence-electron chi connectivity index (χ3n) is 4.56. The summed E-state index contributed by atoms with van der Waals surface area (Å²) in [4.78, 5) is 4.32. The number of aryl methyl sites for hydroxylation is 1. The van der Waals surface area contributed by atoms with Crippen LogP contribution in [0.4, 0.5) is 0 Å². The van der Waals surface area contributed by atoms with E-state index in [1.807, 2.05) is 16.3 Å². The molecule has 0 bridgehead atoms. The Hall–Kier alpha value is -1.98. The van der Waals surface area contributed by atoms with Crippen LogP contribution < -0.4 is 5.32 Å². The van der Waals surface area contributed by atoms with Crippen molar-refractivity contribution in [3.63, 3.8) is 0 Å². The lowest BCUT2D eigenvalue weighted by Gasteiger charge is -2.09. The Morgan fingerprint density at radius 3 is 2.74 bits per heavy atom. The molecular formula is C18H20N4S. The first-order valence-electron chi connectivity index (χ1n) is 8.00. The Bertz CT molecular complexity index is 789. The highest BCUT2D eigenvalue weighted by atomic mass is 32.1. The summed E-state index contributed by atoms with van der Waals surface area (Å²) in [6.07, 6.45) is 5.10. The lowest BCUT2D eigenvalue weighted by atomic mass is 9.94. The van der Waals surface area contributed by atoms with Gasteiger partial charge in [-0.3, -0.25) is 0 Å². The molecule has 1 saturated heterocycles. The maximum atomic E-state index is 4.59. The first kappa shape index (κ1) is 14.6. The molecule has 0 aliphatic carbocycles. The Morgan fingerprint density at radius 1 is 1.26 bits per heavy atom. The Balaban J connectivity index is 1.61. The highest BCUT2D eigenvalue weighted by molar-refractivity contribution is 7.12. The molecule has 2 aromatic heterocycles. The van der Waals surface area contributed by atoms with Crippen molar-refractivity contribution < 1.29 is 0 Å². The molecule has 1 aliphatic heterocycles. The molecule has 0 radical (unpaired) electrons. The third-order valence-corrected chi connectivity index (χ3v) is 5.32. The minimum absolute atomic E-state index is 0.624. The summed E-state index contributed by atoms with van der Waals surface area (Å²) < 4.78 is 1.87. The molecule has 1 fully saturated rings. The van der Waals surface area contributed by atoms with E-state index in [-0.39, 0.29) is 0 Å². The fraction of sp³-hybridized carbons (Fsp3) is 0.333. The van der Waals surface area contributed by atoms with E-state index in [1.165, 1.54) is 23.1 Å². The summed E-state index contributed by atoms with van der Waals surface area (Å²) in [5.41, 5.74) is 4.84. The van der Waals surface area contributed by atoms with Gasteiger partial charge in [0.1, 0.15) is 0 Å². The quantitative estimate of drug-likeness (QED) is 0.797. The Morgan fingerprint density at radius 2 is 2.09 bits per heavy atom. The van der Waals surface area contributed by atoms with Crippen LogP contribution in [-0.4, -0.2) is 27.4 Å². The fourth-order valence-corrected chi connectivity index (χ4v) is 3.86. The monoisotopic (exact) mass is 324 g/mol. The molecule has 1 N–H and O–H groups in total. The zero-order valence-corrected chi connectivity index (χ0v) is 14.2. The molecule has 0 amide bonds. The summed E-state index contributed by atoms with van der Waals surface area (Å²) >= 11 is 1.60.